The van der Waals surface area contributed by atoms with Crippen LogP contribution in [0.15, 0.2) is 30.3 Å². The maximum absolute atomic E-state index is 12.1. The summed E-state index contributed by atoms with van der Waals surface area (Å²) in [5.74, 6) is 0.150. The second kappa shape index (κ2) is 6.89. The van der Waals surface area contributed by atoms with Gasteiger partial charge >= 0.3 is 0 Å². The van der Waals surface area contributed by atoms with Crippen LogP contribution in [-0.4, -0.2) is 25.0 Å². The van der Waals surface area contributed by atoms with Crippen molar-refractivity contribution in [1.29, 1.82) is 0 Å². The van der Waals surface area contributed by atoms with E-state index in [4.69, 9.17) is 0 Å². The molecule has 0 spiro atoms. The summed E-state index contributed by atoms with van der Waals surface area (Å²) in [6.07, 6.45) is 4.08. The van der Waals surface area contributed by atoms with E-state index in [1.165, 1.54) is 18.4 Å². The Kier molecular flexibility index (Phi) is 5.18. The highest BCUT2D eigenvalue weighted by atomic mass is 16.1. The summed E-state index contributed by atoms with van der Waals surface area (Å²) in [4.78, 5) is 12.1. The smallest absolute Gasteiger partial charge is 0.220 e. The van der Waals surface area contributed by atoms with Crippen molar-refractivity contribution in [3.63, 3.8) is 0 Å². The van der Waals surface area contributed by atoms with Gasteiger partial charge in [-0.15, -0.1) is 0 Å². The fraction of sp³-hybridized carbons (Fsp3) is 0.588. The van der Waals surface area contributed by atoms with E-state index in [0.29, 0.717) is 12.5 Å². The fourth-order valence-corrected chi connectivity index (χ4v) is 2.84. The molecule has 1 aromatic carbocycles. The summed E-state index contributed by atoms with van der Waals surface area (Å²) in [5, 5.41) is 6.51. The number of benzene rings is 1. The first-order valence-electron chi connectivity index (χ1n) is 7.63. The molecule has 20 heavy (non-hydrogen) atoms. The molecule has 1 heterocycles. The summed E-state index contributed by atoms with van der Waals surface area (Å²) in [5.41, 5.74) is 1.10. The first-order chi connectivity index (χ1) is 9.58. The Balaban J connectivity index is 1.75. The van der Waals surface area contributed by atoms with Gasteiger partial charge in [0, 0.05) is 19.0 Å². The zero-order chi connectivity index (χ0) is 14.4. The van der Waals surface area contributed by atoms with Crippen molar-refractivity contribution < 1.29 is 4.79 Å². The van der Waals surface area contributed by atoms with Gasteiger partial charge in [-0.1, -0.05) is 44.2 Å². The van der Waals surface area contributed by atoms with Crippen LogP contribution in [0.5, 0.6) is 0 Å². The summed E-state index contributed by atoms with van der Waals surface area (Å²) < 4.78 is 0. The predicted molar refractivity (Wildman–Crippen MR) is 82.7 cm³/mol. The Morgan fingerprint density at radius 2 is 2.10 bits per heavy atom. The van der Waals surface area contributed by atoms with Crippen LogP contribution in [0.2, 0.25) is 0 Å². The number of carbonyl (C=O) groups is 1. The number of nitrogens with one attached hydrogen (secondary N) is 2. The van der Waals surface area contributed by atoms with Gasteiger partial charge in [0.1, 0.15) is 0 Å². The molecular weight excluding hydrogens is 248 g/mol. The van der Waals surface area contributed by atoms with E-state index >= 15 is 0 Å². The third kappa shape index (κ3) is 4.34. The fourth-order valence-electron chi connectivity index (χ4n) is 2.84. The first kappa shape index (κ1) is 15.0. The Morgan fingerprint density at radius 1 is 1.35 bits per heavy atom. The minimum absolute atomic E-state index is 0.114. The van der Waals surface area contributed by atoms with Crippen molar-refractivity contribution in [3.8, 4) is 0 Å². The summed E-state index contributed by atoms with van der Waals surface area (Å²) in [6, 6.07) is 10.8. The lowest BCUT2D eigenvalue weighted by Crippen LogP contribution is -2.34. The van der Waals surface area contributed by atoms with Crippen molar-refractivity contribution in [2.75, 3.05) is 13.1 Å². The largest absolute Gasteiger partial charge is 0.356 e. The van der Waals surface area contributed by atoms with Crippen molar-refractivity contribution in [3.05, 3.63) is 35.9 Å². The lowest BCUT2D eigenvalue weighted by atomic mass is 9.81. The van der Waals surface area contributed by atoms with E-state index in [1.807, 2.05) is 18.2 Å². The maximum atomic E-state index is 12.1. The van der Waals surface area contributed by atoms with Gasteiger partial charge in [-0.05, 0) is 36.8 Å². The van der Waals surface area contributed by atoms with E-state index in [1.54, 1.807) is 0 Å². The molecule has 0 radical (unpaired) electrons. The lowest BCUT2D eigenvalue weighted by Gasteiger charge is -2.24. The van der Waals surface area contributed by atoms with Gasteiger partial charge in [-0.25, -0.2) is 0 Å². The Bertz CT molecular complexity index is 422. The molecule has 0 bridgehead atoms. The summed E-state index contributed by atoms with van der Waals surface area (Å²) in [6.45, 7) is 6.15. The monoisotopic (exact) mass is 274 g/mol. The molecule has 110 valence electrons. The number of rotatable bonds is 6. The highest BCUT2D eigenvalue weighted by molar-refractivity contribution is 5.77. The second-order valence-electron chi connectivity index (χ2n) is 6.36. The zero-order valence-electron chi connectivity index (χ0n) is 12.6. The molecule has 3 nitrogen and oxygen atoms in total. The third-order valence-electron chi connectivity index (χ3n) is 4.14. The quantitative estimate of drug-likeness (QED) is 0.837. The number of hydrogen-bond acceptors (Lipinski definition) is 2. The highest BCUT2D eigenvalue weighted by Crippen LogP contribution is 2.26. The molecule has 1 aliphatic heterocycles. The van der Waals surface area contributed by atoms with Gasteiger partial charge in [0.2, 0.25) is 5.91 Å². The van der Waals surface area contributed by atoms with Gasteiger partial charge < -0.3 is 10.6 Å². The number of amides is 1. The molecule has 3 heteroatoms. The minimum Gasteiger partial charge on any atom is -0.356 e. The van der Waals surface area contributed by atoms with Gasteiger partial charge in [-0.3, -0.25) is 4.79 Å². The molecular formula is C17H26N2O. The van der Waals surface area contributed by atoms with Gasteiger partial charge in [-0.2, -0.15) is 0 Å². The first-order valence-corrected chi connectivity index (χ1v) is 7.63. The molecule has 1 fully saturated rings. The van der Waals surface area contributed by atoms with Crippen molar-refractivity contribution in [1.82, 2.24) is 10.6 Å². The number of carbonyl (C=O) groups excluding carboxylic acids is 1. The van der Waals surface area contributed by atoms with E-state index in [0.717, 1.165) is 19.5 Å². The van der Waals surface area contributed by atoms with Crippen LogP contribution in [0, 0.1) is 0 Å². The average Bonchev–Trinajstić information content (AvgIpc) is 2.92. The lowest BCUT2D eigenvalue weighted by molar-refractivity contribution is -0.122. The SMILES string of the molecule is CC(C)(CC(=O)NCC[C@@H]1CCCN1)c1ccccc1. The second-order valence-corrected chi connectivity index (χ2v) is 6.36. The van der Waals surface area contributed by atoms with Gasteiger partial charge in [0.05, 0.1) is 0 Å². The molecule has 0 unspecified atom stereocenters. The molecule has 0 saturated carbocycles. The molecule has 1 amide bonds. The molecule has 0 aliphatic carbocycles. The van der Waals surface area contributed by atoms with E-state index < -0.39 is 0 Å². The Labute approximate surface area is 122 Å². The molecule has 1 saturated heterocycles. The van der Waals surface area contributed by atoms with E-state index in [-0.39, 0.29) is 11.3 Å². The average molecular weight is 274 g/mol. The normalized spacial score (nSPS) is 19.0. The predicted octanol–water partition coefficient (Wildman–Crippen LogP) is 2.61. The Hall–Kier alpha value is -1.35. The topological polar surface area (TPSA) is 41.1 Å². The van der Waals surface area contributed by atoms with E-state index in [2.05, 4.69) is 36.6 Å². The van der Waals surface area contributed by atoms with Crippen LogP contribution >= 0.6 is 0 Å². The molecule has 1 aromatic rings. The van der Waals surface area contributed by atoms with Crippen molar-refractivity contribution in [2.24, 2.45) is 0 Å². The van der Waals surface area contributed by atoms with Crippen molar-refractivity contribution in [2.45, 2.75) is 51.0 Å². The Morgan fingerprint density at radius 3 is 2.75 bits per heavy atom. The molecule has 1 atom stereocenters. The van der Waals surface area contributed by atoms with Crippen LogP contribution in [0.3, 0.4) is 0 Å². The molecule has 0 aromatic heterocycles. The molecule has 1 aliphatic rings. The van der Waals surface area contributed by atoms with Crippen molar-refractivity contribution >= 4 is 5.91 Å². The standard InChI is InChI=1S/C17H26N2O/c1-17(2,14-7-4-3-5-8-14)13-16(20)19-12-10-15-9-6-11-18-15/h3-5,7-8,15,18H,6,9-13H2,1-2H3,(H,19,20)/t15-/m0/s1. The van der Waals surface area contributed by atoms with Gasteiger partial charge in [0.25, 0.3) is 0 Å². The maximum Gasteiger partial charge on any atom is 0.220 e. The van der Waals surface area contributed by atoms with Crippen LogP contribution < -0.4 is 10.6 Å². The van der Waals surface area contributed by atoms with Crippen LogP contribution in [0.4, 0.5) is 0 Å². The molecule has 2 N–H and O–H groups in total. The highest BCUT2D eigenvalue weighted by Gasteiger charge is 2.24. The number of hydrogen-bond donors (Lipinski definition) is 2. The van der Waals surface area contributed by atoms with Crippen LogP contribution in [0.1, 0.15) is 45.1 Å². The van der Waals surface area contributed by atoms with E-state index in [9.17, 15) is 4.79 Å². The third-order valence-corrected chi connectivity index (χ3v) is 4.14. The minimum atomic E-state index is -0.114. The summed E-state index contributed by atoms with van der Waals surface area (Å²) in [7, 11) is 0. The van der Waals surface area contributed by atoms with Crippen LogP contribution in [0.25, 0.3) is 0 Å². The van der Waals surface area contributed by atoms with Gasteiger partial charge in [0.15, 0.2) is 0 Å². The zero-order valence-corrected chi connectivity index (χ0v) is 12.6. The van der Waals surface area contributed by atoms with Crippen LogP contribution in [-0.2, 0) is 10.2 Å². The molecule has 2 rings (SSSR count). The summed E-state index contributed by atoms with van der Waals surface area (Å²) >= 11 is 0.